The summed E-state index contributed by atoms with van der Waals surface area (Å²) in [5.41, 5.74) is -0.487. The molecule has 0 fully saturated rings. The van der Waals surface area contributed by atoms with Crippen molar-refractivity contribution in [2.45, 2.75) is 6.18 Å². The molecular formula is C10H5ClF3NO. The highest BCUT2D eigenvalue weighted by atomic mass is 35.5. The third-order valence-corrected chi connectivity index (χ3v) is 2.36. The van der Waals surface area contributed by atoms with Gasteiger partial charge in [-0.1, -0.05) is 11.6 Å². The standard InChI is InChI=1S/C10H5ClF3NO/c11-9-8(16)4-5-3-6(10(12,13)14)1-2-7(5)15-9/h1-4,16H. The third-order valence-electron chi connectivity index (χ3n) is 2.08. The summed E-state index contributed by atoms with van der Waals surface area (Å²) in [6.45, 7) is 0. The molecule has 0 aliphatic rings. The normalized spacial score (nSPS) is 12.0. The molecule has 0 spiro atoms. The van der Waals surface area contributed by atoms with Gasteiger partial charge in [-0.25, -0.2) is 4.98 Å². The molecule has 0 radical (unpaired) electrons. The van der Waals surface area contributed by atoms with Gasteiger partial charge in [0.15, 0.2) is 10.9 Å². The molecule has 2 rings (SSSR count). The summed E-state index contributed by atoms with van der Waals surface area (Å²) in [7, 11) is 0. The van der Waals surface area contributed by atoms with Gasteiger partial charge in [0.25, 0.3) is 0 Å². The molecule has 84 valence electrons. The van der Waals surface area contributed by atoms with E-state index in [1.807, 2.05) is 0 Å². The number of hydrogen-bond donors (Lipinski definition) is 1. The summed E-state index contributed by atoms with van der Waals surface area (Å²) in [6, 6.07) is 4.20. The molecule has 1 heterocycles. The van der Waals surface area contributed by atoms with Crippen molar-refractivity contribution in [3.63, 3.8) is 0 Å². The highest BCUT2D eigenvalue weighted by Gasteiger charge is 2.30. The Morgan fingerprint density at radius 2 is 1.88 bits per heavy atom. The van der Waals surface area contributed by atoms with Crippen molar-refractivity contribution in [3.8, 4) is 5.75 Å². The van der Waals surface area contributed by atoms with E-state index in [0.717, 1.165) is 18.2 Å². The second kappa shape index (κ2) is 3.52. The lowest BCUT2D eigenvalue weighted by molar-refractivity contribution is -0.137. The fourth-order valence-electron chi connectivity index (χ4n) is 1.32. The van der Waals surface area contributed by atoms with Crippen LogP contribution in [0, 0.1) is 0 Å². The second-order valence-electron chi connectivity index (χ2n) is 3.20. The van der Waals surface area contributed by atoms with Gasteiger partial charge in [-0.3, -0.25) is 0 Å². The SMILES string of the molecule is Oc1cc2cc(C(F)(F)F)ccc2nc1Cl. The van der Waals surface area contributed by atoms with Crippen molar-refractivity contribution >= 4 is 22.5 Å². The van der Waals surface area contributed by atoms with Crippen LogP contribution in [0.2, 0.25) is 5.15 Å². The van der Waals surface area contributed by atoms with Gasteiger partial charge in [0.05, 0.1) is 11.1 Å². The average Bonchev–Trinajstić information content (AvgIpc) is 2.17. The van der Waals surface area contributed by atoms with E-state index >= 15 is 0 Å². The van der Waals surface area contributed by atoms with Crippen molar-refractivity contribution in [2.75, 3.05) is 0 Å². The van der Waals surface area contributed by atoms with Crippen LogP contribution in [0.1, 0.15) is 5.56 Å². The fourth-order valence-corrected chi connectivity index (χ4v) is 1.46. The Morgan fingerprint density at radius 1 is 1.19 bits per heavy atom. The van der Waals surface area contributed by atoms with Gasteiger partial charge < -0.3 is 5.11 Å². The predicted octanol–water partition coefficient (Wildman–Crippen LogP) is 3.61. The minimum Gasteiger partial charge on any atom is -0.505 e. The number of halogens is 4. The molecule has 2 nitrogen and oxygen atoms in total. The lowest BCUT2D eigenvalue weighted by Gasteiger charge is -2.07. The maximum absolute atomic E-state index is 12.4. The molecule has 0 aliphatic heterocycles. The highest BCUT2D eigenvalue weighted by Crippen LogP contribution is 2.33. The first kappa shape index (κ1) is 11.0. The van der Waals surface area contributed by atoms with Gasteiger partial charge in [-0.05, 0) is 24.3 Å². The van der Waals surface area contributed by atoms with E-state index in [1.165, 1.54) is 6.07 Å². The Balaban J connectivity index is 2.67. The van der Waals surface area contributed by atoms with Crippen molar-refractivity contribution in [2.24, 2.45) is 0 Å². The number of aromatic nitrogens is 1. The van der Waals surface area contributed by atoms with E-state index in [-0.39, 0.29) is 16.3 Å². The van der Waals surface area contributed by atoms with E-state index in [4.69, 9.17) is 11.6 Å². The number of hydrogen-bond acceptors (Lipinski definition) is 2. The zero-order valence-electron chi connectivity index (χ0n) is 7.72. The fraction of sp³-hybridized carbons (Fsp3) is 0.100. The largest absolute Gasteiger partial charge is 0.505 e. The summed E-state index contributed by atoms with van der Waals surface area (Å²) >= 11 is 5.53. The minimum absolute atomic E-state index is 0.132. The molecule has 0 aliphatic carbocycles. The smallest absolute Gasteiger partial charge is 0.416 e. The first-order valence-electron chi connectivity index (χ1n) is 4.24. The van der Waals surface area contributed by atoms with Gasteiger partial charge in [0, 0.05) is 5.39 Å². The predicted molar refractivity (Wildman–Crippen MR) is 53.4 cm³/mol. The zero-order valence-corrected chi connectivity index (χ0v) is 8.47. The number of nitrogens with zero attached hydrogens (tertiary/aromatic N) is 1. The van der Waals surface area contributed by atoms with Gasteiger partial charge >= 0.3 is 6.18 Å². The van der Waals surface area contributed by atoms with Crippen molar-refractivity contribution in [1.82, 2.24) is 4.98 Å². The molecule has 1 N–H and O–H groups in total. The molecular weight excluding hydrogens is 243 g/mol. The molecule has 1 aromatic heterocycles. The number of fused-ring (bicyclic) bond motifs is 1. The molecule has 6 heteroatoms. The summed E-state index contributed by atoms with van der Waals surface area (Å²) in [6.07, 6.45) is -4.41. The van der Waals surface area contributed by atoms with Crippen LogP contribution in [0.25, 0.3) is 10.9 Å². The van der Waals surface area contributed by atoms with Crippen molar-refractivity contribution < 1.29 is 18.3 Å². The molecule has 0 atom stereocenters. The van der Waals surface area contributed by atoms with E-state index in [9.17, 15) is 18.3 Å². The molecule has 0 bridgehead atoms. The van der Waals surface area contributed by atoms with Crippen LogP contribution in [-0.4, -0.2) is 10.1 Å². The lowest BCUT2D eigenvalue weighted by Crippen LogP contribution is -2.04. The Kier molecular flexibility index (Phi) is 2.42. The summed E-state index contributed by atoms with van der Waals surface area (Å²) in [4.78, 5) is 3.75. The number of pyridine rings is 1. The van der Waals surface area contributed by atoms with E-state index in [2.05, 4.69) is 4.98 Å². The molecule has 0 unspecified atom stereocenters. The first-order valence-corrected chi connectivity index (χ1v) is 4.62. The Morgan fingerprint density at radius 3 is 2.50 bits per heavy atom. The van der Waals surface area contributed by atoms with Crippen LogP contribution in [0.5, 0.6) is 5.75 Å². The molecule has 16 heavy (non-hydrogen) atoms. The minimum atomic E-state index is -4.41. The van der Waals surface area contributed by atoms with Crippen molar-refractivity contribution in [3.05, 3.63) is 35.0 Å². The zero-order chi connectivity index (χ0) is 11.9. The first-order chi connectivity index (χ1) is 7.38. The summed E-state index contributed by atoms with van der Waals surface area (Å²) in [5.74, 6) is -0.339. The van der Waals surface area contributed by atoms with Gasteiger partial charge in [-0.15, -0.1) is 0 Å². The molecule has 2 aromatic rings. The Labute approximate surface area is 93.3 Å². The molecule has 1 aromatic carbocycles. The average molecular weight is 248 g/mol. The molecule has 0 amide bonds. The highest BCUT2D eigenvalue weighted by molar-refractivity contribution is 6.31. The quantitative estimate of drug-likeness (QED) is 0.722. The molecule has 0 saturated heterocycles. The van der Waals surface area contributed by atoms with Crippen LogP contribution in [0.4, 0.5) is 13.2 Å². The summed E-state index contributed by atoms with van der Waals surface area (Å²) < 4.78 is 37.2. The topological polar surface area (TPSA) is 33.1 Å². The van der Waals surface area contributed by atoms with E-state index in [0.29, 0.717) is 5.52 Å². The van der Waals surface area contributed by atoms with Crippen LogP contribution in [-0.2, 0) is 6.18 Å². The van der Waals surface area contributed by atoms with Crippen LogP contribution in [0.3, 0.4) is 0 Å². The van der Waals surface area contributed by atoms with Gasteiger partial charge in [-0.2, -0.15) is 13.2 Å². The number of alkyl halides is 3. The van der Waals surface area contributed by atoms with E-state index in [1.54, 1.807) is 0 Å². The van der Waals surface area contributed by atoms with Gasteiger partial charge in [0.2, 0.25) is 0 Å². The van der Waals surface area contributed by atoms with Crippen LogP contribution < -0.4 is 0 Å². The number of benzene rings is 1. The van der Waals surface area contributed by atoms with Gasteiger partial charge in [0.1, 0.15) is 0 Å². The molecule has 0 saturated carbocycles. The Bertz CT molecular complexity index is 553. The monoisotopic (exact) mass is 247 g/mol. The van der Waals surface area contributed by atoms with E-state index < -0.39 is 11.7 Å². The van der Waals surface area contributed by atoms with Crippen LogP contribution in [0.15, 0.2) is 24.3 Å². The summed E-state index contributed by atoms with van der Waals surface area (Å²) in [5, 5.41) is 9.29. The number of rotatable bonds is 0. The Hall–Kier alpha value is -1.49. The second-order valence-corrected chi connectivity index (χ2v) is 3.56. The lowest BCUT2D eigenvalue weighted by atomic mass is 10.1. The van der Waals surface area contributed by atoms with Crippen molar-refractivity contribution in [1.29, 1.82) is 0 Å². The maximum atomic E-state index is 12.4. The maximum Gasteiger partial charge on any atom is 0.416 e. The van der Waals surface area contributed by atoms with Crippen LogP contribution >= 0.6 is 11.6 Å². The number of aromatic hydroxyl groups is 1. The third kappa shape index (κ3) is 1.90.